The van der Waals surface area contributed by atoms with Crippen LogP contribution in [-0.4, -0.2) is 22.6 Å². The fraction of sp³-hybridized carbons (Fsp3) is 0.667. The van der Waals surface area contributed by atoms with Gasteiger partial charge in [-0.25, -0.2) is 4.79 Å². The van der Waals surface area contributed by atoms with Crippen LogP contribution >= 0.6 is 0 Å². The molecular formula is C6H12N2O3. The number of carbonyl (C=O) groups excluding carboxylic acids is 1. The lowest BCUT2D eigenvalue weighted by molar-refractivity contribution is -0.146. The lowest BCUT2D eigenvalue weighted by Crippen LogP contribution is -2.33. The minimum atomic E-state index is -0.819. The third-order valence-electron chi connectivity index (χ3n) is 0.716. The highest BCUT2D eigenvalue weighted by molar-refractivity contribution is 6.34. The molecule has 0 saturated heterocycles. The maximum absolute atomic E-state index is 10.8. The Labute approximate surface area is 64.8 Å². The number of nitrogens with zero attached hydrogens (tertiary/aromatic N) is 1. The quantitative estimate of drug-likeness (QED) is 0.173. The van der Waals surface area contributed by atoms with Gasteiger partial charge in [0.2, 0.25) is 5.84 Å². The number of hydrogen-bond donors (Lipinski definition) is 2. The summed E-state index contributed by atoms with van der Waals surface area (Å²) < 4.78 is 4.74. The van der Waals surface area contributed by atoms with Gasteiger partial charge in [-0.3, -0.25) is 0 Å². The van der Waals surface area contributed by atoms with Gasteiger partial charge in [0.05, 0.1) is 0 Å². The zero-order chi connectivity index (χ0) is 9.07. The summed E-state index contributed by atoms with van der Waals surface area (Å²) in [5, 5.41) is 10.6. The van der Waals surface area contributed by atoms with E-state index < -0.39 is 17.4 Å². The Morgan fingerprint density at radius 1 is 1.55 bits per heavy atom. The van der Waals surface area contributed by atoms with Crippen molar-refractivity contribution in [2.75, 3.05) is 0 Å². The van der Waals surface area contributed by atoms with Crippen molar-refractivity contribution in [3.63, 3.8) is 0 Å². The first kappa shape index (κ1) is 9.74. The van der Waals surface area contributed by atoms with Crippen molar-refractivity contribution in [3.05, 3.63) is 0 Å². The molecular weight excluding hydrogens is 148 g/mol. The van der Waals surface area contributed by atoms with E-state index in [0.717, 1.165) is 0 Å². The fourth-order valence-electron chi connectivity index (χ4n) is 0.371. The van der Waals surface area contributed by atoms with Crippen molar-refractivity contribution in [1.29, 1.82) is 0 Å². The summed E-state index contributed by atoms with van der Waals surface area (Å²) in [5.41, 5.74) is 4.33. The molecule has 0 amide bonds. The number of ether oxygens (including phenoxy) is 1. The second-order valence-electron chi connectivity index (χ2n) is 2.99. The average molecular weight is 160 g/mol. The van der Waals surface area contributed by atoms with Crippen LogP contribution in [0.2, 0.25) is 0 Å². The lowest BCUT2D eigenvalue weighted by Gasteiger charge is -2.18. The van der Waals surface area contributed by atoms with Crippen molar-refractivity contribution in [3.8, 4) is 0 Å². The van der Waals surface area contributed by atoms with E-state index in [2.05, 4.69) is 5.16 Å². The Bertz CT molecular complexity index is 181. The van der Waals surface area contributed by atoms with Crippen LogP contribution in [0.1, 0.15) is 20.8 Å². The molecule has 5 nitrogen and oxygen atoms in total. The molecule has 0 radical (unpaired) electrons. The number of carbonyl (C=O) groups is 1. The topological polar surface area (TPSA) is 84.9 Å². The molecule has 64 valence electrons. The zero-order valence-electron chi connectivity index (χ0n) is 6.79. The zero-order valence-corrected chi connectivity index (χ0v) is 6.79. The number of esters is 1. The van der Waals surface area contributed by atoms with Gasteiger partial charge in [-0.2, -0.15) is 0 Å². The van der Waals surface area contributed by atoms with E-state index in [1.807, 2.05) is 0 Å². The van der Waals surface area contributed by atoms with E-state index in [-0.39, 0.29) is 0 Å². The number of oxime groups is 1. The molecule has 0 saturated carbocycles. The third kappa shape index (κ3) is 4.19. The van der Waals surface area contributed by atoms with Crippen LogP contribution in [-0.2, 0) is 9.53 Å². The maximum atomic E-state index is 10.8. The normalized spacial score (nSPS) is 12.8. The summed E-state index contributed by atoms with van der Waals surface area (Å²) >= 11 is 0. The molecule has 0 aliphatic heterocycles. The van der Waals surface area contributed by atoms with Gasteiger partial charge >= 0.3 is 5.97 Å². The Hall–Kier alpha value is -1.26. The van der Waals surface area contributed by atoms with Gasteiger partial charge in [-0.05, 0) is 20.8 Å². The first-order valence-corrected chi connectivity index (χ1v) is 3.07. The summed E-state index contributed by atoms with van der Waals surface area (Å²) in [6, 6.07) is 0. The predicted molar refractivity (Wildman–Crippen MR) is 39.3 cm³/mol. The molecule has 0 fully saturated rings. The Morgan fingerprint density at radius 2 is 2.00 bits per heavy atom. The molecule has 0 spiro atoms. The second kappa shape index (κ2) is 3.23. The minimum absolute atomic E-state index is 0.542. The van der Waals surface area contributed by atoms with E-state index in [0.29, 0.717) is 0 Å². The predicted octanol–water partition coefficient (Wildman–Crippen LogP) is 0.0745. The standard InChI is InChI=1S/C6H12N2O3/c1-6(2,3)11-5(9)4(7)8-10/h10H,1-3H3,(H2,7,8). The molecule has 0 rings (SSSR count). The Kier molecular flexibility index (Phi) is 2.86. The molecule has 0 aliphatic rings. The van der Waals surface area contributed by atoms with E-state index in [1.54, 1.807) is 20.8 Å². The summed E-state index contributed by atoms with van der Waals surface area (Å²) in [7, 11) is 0. The van der Waals surface area contributed by atoms with E-state index >= 15 is 0 Å². The second-order valence-corrected chi connectivity index (χ2v) is 2.99. The van der Waals surface area contributed by atoms with Crippen molar-refractivity contribution >= 4 is 11.8 Å². The summed E-state index contributed by atoms with van der Waals surface area (Å²) in [6.45, 7) is 5.07. The van der Waals surface area contributed by atoms with Gasteiger partial charge < -0.3 is 15.7 Å². The van der Waals surface area contributed by atoms with Crippen LogP contribution in [0.5, 0.6) is 0 Å². The van der Waals surface area contributed by atoms with Gasteiger partial charge in [-0.15, -0.1) is 0 Å². The van der Waals surface area contributed by atoms with Gasteiger partial charge in [0, 0.05) is 0 Å². The van der Waals surface area contributed by atoms with Gasteiger partial charge in [0.15, 0.2) is 0 Å². The van der Waals surface area contributed by atoms with E-state index in [1.165, 1.54) is 0 Å². The van der Waals surface area contributed by atoms with E-state index in [4.69, 9.17) is 15.7 Å². The van der Waals surface area contributed by atoms with Crippen molar-refractivity contribution < 1.29 is 14.7 Å². The van der Waals surface area contributed by atoms with Crippen LogP contribution < -0.4 is 5.73 Å². The highest BCUT2D eigenvalue weighted by Gasteiger charge is 2.19. The highest BCUT2D eigenvalue weighted by Crippen LogP contribution is 2.06. The van der Waals surface area contributed by atoms with Crippen LogP contribution in [0.4, 0.5) is 0 Å². The van der Waals surface area contributed by atoms with Crippen LogP contribution in [0.15, 0.2) is 5.16 Å². The molecule has 0 bridgehead atoms. The first-order valence-electron chi connectivity index (χ1n) is 3.07. The van der Waals surface area contributed by atoms with Crippen molar-refractivity contribution in [2.45, 2.75) is 26.4 Å². The van der Waals surface area contributed by atoms with Gasteiger partial charge in [-0.1, -0.05) is 5.16 Å². The maximum Gasteiger partial charge on any atom is 0.377 e. The number of rotatable bonds is 0. The number of nitrogens with two attached hydrogens (primary N) is 1. The summed E-state index contributed by atoms with van der Waals surface area (Å²) in [4.78, 5) is 10.8. The number of hydrogen-bond acceptors (Lipinski definition) is 4. The molecule has 0 aliphatic carbocycles. The largest absolute Gasteiger partial charge is 0.454 e. The molecule has 0 atom stereocenters. The smallest absolute Gasteiger partial charge is 0.377 e. The number of amidine groups is 1. The third-order valence-corrected chi connectivity index (χ3v) is 0.716. The van der Waals surface area contributed by atoms with E-state index in [9.17, 15) is 4.79 Å². The molecule has 0 aromatic heterocycles. The van der Waals surface area contributed by atoms with Crippen LogP contribution in [0.3, 0.4) is 0 Å². The average Bonchev–Trinajstić information content (AvgIpc) is 1.82. The minimum Gasteiger partial charge on any atom is -0.454 e. The SMILES string of the molecule is CC(C)(C)OC(=O)/C(N)=N/O. The molecule has 3 N–H and O–H groups in total. The van der Waals surface area contributed by atoms with Crippen LogP contribution in [0, 0.1) is 0 Å². The highest BCUT2D eigenvalue weighted by atomic mass is 16.6. The van der Waals surface area contributed by atoms with Gasteiger partial charge in [0.25, 0.3) is 0 Å². The Morgan fingerprint density at radius 3 is 2.27 bits per heavy atom. The molecule has 5 heteroatoms. The fourth-order valence-corrected chi connectivity index (χ4v) is 0.371. The monoisotopic (exact) mass is 160 g/mol. The molecule has 11 heavy (non-hydrogen) atoms. The molecule has 0 aromatic rings. The molecule has 0 heterocycles. The molecule has 0 aromatic carbocycles. The van der Waals surface area contributed by atoms with Gasteiger partial charge in [0.1, 0.15) is 5.60 Å². The Balaban J connectivity index is 4.10. The summed E-state index contributed by atoms with van der Waals surface area (Å²) in [6.07, 6.45) is 0. The summed E-state index contributed by atoms with van der Waals surface area (Å²) in [5.74, 6) is -1.36. The van der Waals surface area contributed by atoms with Crippen molar-refractivity contribution in [1.82, 2.24) is 0 Å². The first-order chi connectivity index (χ1) is 4.87. The lowest BCUT2D eigenvalue weighted by atomic mass is 10.2. The van der Waals surface area contributed by atoms with Crippen LogP contribution in [0.25, 0.3) is 0 Å². The molecule has 0 unspecified atom stereocenters. The van der Waals surface area contributed by atoms with Crippen molar-refractivity contribution in [2.24, 2.45) is 10.9 Å².